The van der Waals surface area contributed by atoms with Crippen molar-refractivity contribution in [1.82, 2.24) is 19.6 Å². The molecule has 1 N–H and O–H groups in total. The number of rotatable bonds is 3. The maximum absolute atomic E-state index is 13.9. The van der Waals surface area contributed by atoms with E-state index in [0.29, 0.717) is 22.5 Å². The summed E-state index contributed by atoms with van der Waals surface area (Å²) in [6.07, 6.45) is 5.33. The molecular weight excluding hydrogens is 319 g/mol. The maximum atomic E-state index is 13.9. The Morgan fingerprint density at radius 3 is 2.68 bits per heavy atom. The Morgan fingerprint density at radius 1 is 1.16 bits per heavy atom. The predicted molar refractivity (Wildman–Crippen MR) is 93.0 cm³/mol. The lowest BCUT2D eigenvalue weighted by atomic mass is 10.0. The Balaban J connectivity index is 1.86. The molecule has 0 fully saturated rings. The molecule has 0 saturated carbocycles. The number of hydrogen-bond donors (Lipinski definition) is 1. The molecule has 0 saturated heterocycles. The fourth-order valence-electron chi connectivity index (χ4n) is 2.94. The highest BCUT2D eigenvalue weighted by Gasteiger charge is 2.16. The highest BCUT2D eigenvalue weighted by molar-refractivity contribution is 5.76. The topological polar surface area (TPSA) is 63.1 Å². The third-order valence-corrected chi connectivity index (χ3v) is 4.28. The van der Waals surface area contributed by atoms with Crippen LogP contribution in [0.25, 0.3) is 16.8 Å². The van der Waals surface area contributed by atoms with Crippen LogP contribution >= 0.6 is 0 Å². The number of nitrogens with one attached hydrogen (secondary N) is 1. The van der Waals surface area contributed by atoms with Gasteiger partial charge in [-0.15, -0.1) is 0 Å². The number of aromatic nitrogens is 4. The van der Waals surface area contributed by atoms with Crippen molar-refractivity contribution in [2.24, 2.45) is 0 Å². The van der Waals surface area contributed by atoms with Gasteiger partial charge >= 0.3 is 0 Å². The molecule has 0 unspecified atom stereocenters. The summed E-state index contributed by atoms with van der Waals surface area (Å²) >= 11 is 0. The van der Waals surface area contributed by atoms with Gasteiger partial charge in [-0.2, -0.15) is 0 Å². The van der Waals surface area contributed by atoms with Crippen LogP contribution in [0.4, 0.5) is 4.39 Å². The average molecular weight is 334 g/mol. The van der Waals surface area contributed by atoms with Crippen LogP contribution in [0.1, 0.15) is 16.8 Å². The van der Waals surface area contributed by atoms with Crippen LogP contribution in [0.3, 0.4) is 0 Å². The van der Waals surface area contributed by atoms with Gasteiger partial charge in [-0.25, -0.2) is 13.9 Å². The van der Waals surface area contributed by atoms with Gasteiger partial charge in [0.1, 0.15) is 5.82 Å². The fourth-order valence-corrected chi connectivity index (χ4v) is 2.94. The molecule has 0 spiro atoms. The number of pyridine rings is 1. The Kier molecular flexibility index (Phi) is 3.65. The zero-order valence-electron chi connectivity index (χ0n) is 13.5. The van der Waals surface area contributed by atoms with Crippen molar-refractivity contribution in [1.29, 1.82) is 0 Å². The number of aromatic amines is 1. The number of aryl methyl sites for hydroxylation is 1. The maximum Gasteiger partial charge on any atom is 0.276 e. The molecule has 0 aliphatic heterocycles. The van der Waals surface area contributed by atoms with Crippen LogP contribution in [-0.4, -0.2) is 19.6 Å². The predicted octanol–water partition coefficient (Wildman–Crippen LogP) is 3.12. The molecule has 4 aromatic rings. The summed E-state index contributed by atoms with van der Waals surface area (Å²) in [5, 5.41) is 2.95. The van der Waals surface area contributed by atoms with Crippen LogP contribution in [0.2, 0.25) is 0 Å². The van der Waals surface area contributed by atoms with Gasteiger partial charge in [0.2, 0.25) is 0 Å². The second-order valence-electron chi connectivity index (χ2n) is 5.83. The van der Waals surface area contributed by atoms with E-state index >= 15 is 0 Å². The lowest BCUT2D eigenvalue weighted by molar-refractivity contribution is 0.613. The molecule has 3 aromatic heterocycles. The quantitative estimate of drug-likeness (QED) is 0.626. The van der Waals surface area contributed by atoms with E-state index < -0.39 is 0 Å². The van der Waals surface area contributed by atoms with E-state index in [0.717, 1.165) is 11.1 Å². The number of nitrogens with zero attached hydrogens (tertiary/aromatic N) is 3. The highest BCUT2D eigenvalue weighted by atomic mass is 19.1. The van der Waals surface area contributed by atoms with Gasteiger partial charge in [0.25, 0.3) is 5.56 Å². The first-order valence-corrected chi connectivity index (χ1v) is 7.88. The van der Waals surface area contributed by atoms with Gasteiger partial charge in [-0.05, 0) is 36.2 Å². The molecule has 0 amide bonds. The van der Waals surface area contributed by atoms with Gasteiger partial charge < -0.3 is 0 Å². The number of hydrogen-bond acceptors (Lipinski definition) is 3. The molecule has 0 aliphatic rings. The molecular formula is C19H15FN4O. The van der Waals surface area contributed by atoms with Gasteiger partial charge in [-0.1, -0.05) is 18.2 Å². The van der Waals surface area contributed by atoms with E-state index in [-0.39, 0.29) is 17.8 Å². The van der Waals surface area contributed by atoms with Crippen molar-refractivity contribution in [3.63, 3.8) is 0 Å². The van der Waals surface area contributed by atoms with Gasteiger partial charge in [0, 0.05) is 41.8 Å². The first-order chi connectivity index (χ1) is 12.1. The van der Waals surface area contributed by atoms with E-state index in [1.807, 2.05) is 12.1 Å². The smallest absolute Gasteiger partial charge is 0.276 e. The largest absolute Gasteiger partial charge is 0.296 e. The molecule has 0 aliphatic carbocycles. The van der Waals surface area contributed by atoms with Crippen molar-refractivity contribution < 1.29 is 4.39 Å². The first kappa shape index (κ1) is 15.3. The molecule has 0 bridgehead atoms. The summed E-state index contributed by atoms with van der Waals surface area (Å²) in [4.78, 5) is 21.5. The van der Waals surface area contributed by atoms with Crippen LogP contribution in [-0.2, 0) is 6.42 Å². The Bertz CT molecular complexity index is 1120. The lowest BCUT2D eigenvalue weighted by Crippen LogP contribution is -2.22. The van der Waals surface area contributed by atoms with E-state index in [4.69, 9.17) is 0 Å². The summed E-state index contributed by atoms with van der Waals surface area (Å²) < 4.78 is 15.3. The van der Waals surface area contributed by atoms with Gasteiger partial charge in [-0.3, -0.25) is 14.9 Å². The average Bonchev–Trinajstić information content (AvgIpc) is 3.04. The third-order valence-electron chi connectivity index (χ3n) is 4.28. The summed E-state index contributed by atoms with van der Waals surface area (Å²) in [7, 11) is 0. The Hall–Kier alpha value is -3.28. The minimum Gasteiger partial charge on any atom is -0.296 e. The van der Waals surface area contributed by atoms with Crippen molar-refractivity contribution in [2.75, 3.05) is 0 Å². The molecule has 6 heteroatoms. The lowest BCUT2D eigenvalue weighted by Gasteiger charge is -2.07. The van der Waals surface area contributed by atoms with Crippen LogP contribution in [0.15, 0.2) is 59.8 Å². The number of fused-ring (bicyclic) bond motifs is 1. The van der Waals surface area contributed by atoms with Crippen LogP contribution in [0, 0.1) is 12.7 Å². The highest BCUT2D eigenvalue weighted by Crippen LogP contribution is 2.22. The van der Waals surface area contributed by atoms with E-state index in [1.54, 1.807) is 43.7 Å². The van der Waals surface area contributed by atoms with Crippen molar-refractivity contribution in [3.05, 3.63) is 88.0 Å². The molecule has 3 heterocycles. The van der Waals surface area contributed by atoms with E-state index in [1.165, 1.54) is 10.6 Å². The Labute approximate surface area is 142 Å². The SMILES string of the molecule is Cc1nc2c(-c3ccncc3)c[nH]n2c(=O)c1Cc1ccccc1F. The fraction of sp³-hybridized carbons (Fsp3) is 0.105. The molecule has 1 aromatic carbocycles. The molecule has 4 rings (SSSR count). The summed E-state index contributed by atoms with van der Waals surface area (Å²) in [6, 6.07) is 10.2. The minimum atomic E-state index is -0.324. The van der Waals surface area contributed by atoms with Crippen molar-refractivity contribution >= 4 is 5.65 Å². The Morgan fingerprint density at radius 2 is 1.92 bits per heavy atom. The molecule has 25 heavy (non-hydrogen) atoms. The second kappa shape index (κ2) is 5.98. The monoisotopic (exact) mass is 334 g/mol. The first-order valence-electron chi connectivity index (χ1n) is 7.88. The normalized spacial score (nSPS) is 11.1. The molecule has 124 valence electrons. The third kappa shape index (κ3) is 2.61. The van der Waals surface area contributed by atoms with Crippen LogP contribution < -0.4 is 5.56 Å². The van der Waals surface area contributed by atoms with Gasteiger partial charge in [0.15, 0.2) is 5.65 Å². The van der Waals surface area contributed by atoms with Crippen molar-refractivity contribution in [3.8, 4) is 11.1 Å². The zero-order valence-corrected chi connectivity index (χ0v) is 13.5. The molecule has 0 atom stereocenters. The van der Waals surface area contributed by atoms with Crippen LogP contribution in [0.5, 0.6) is 0 Å². The molecule has 0 radical (unpaired) electrons. The van der Waals surface area contributed by atoms with E-state index in [2.05, 4.69) is 15.1 Å². The summed E-state index contributed by atoms with van der Waals surface area (Å²) in [6.45, 7) is 1.78. The number of benzene rings is 1. The molecule has 5 nitrogen and oxygen atoms in total. The minimum absolute atomic E-state index is 0.205. The van der Waals surface area contributed by atoms with E-state index in [9.17, 15) is 9.18 Å². The van der Waals surface area contributed by atoms with Gasteiger partial charge in [0.05, 0.1) is 0 Å². The standard InChI is InChI=1S/C19H15FN4O/c1-12-15(10-14-4-2-3-5-17(14)20)19(25)24-18(23-12)16(11-22-24)13-6-8-21-9-7-13/h2-9,11,22H,10H2,1H3. The summed E-state index contributed by atoms with van der Waals surface area (Å²) in [5.41, 5.74) is 3.62. The number of halogens is 1. The number of H-pyrrole nitrogens is 1. The van der Waals surface area contributed by atoms with Crippen molar-refractivity contribution in [2.45, 2.75) is 13.3 Å². The zero-order chi connectivity index (χ0) is 17.4. The second-order valence-corrected chi connectivity index (χ2v) is 5.83. The summed E-state index contributed by atoms with van der Waals surface area (Å²) in [5.74, 6) is -0.324.